The first kappa shape index (κ1) is 105. The Morgan fingerprint density at radius 3 is 0.765 bits per heavy atom. The monoisotopic (exact) mass is 1610 g/mol. The van der Waals surface area contributed by atoms with Crippen molar-refractivity contribution in [2.75, 3.05) is 137 Å². The Hall–Kier alpha value is -0.440. The third-order valence-corrected chi connectivity index (χ3v) is 33.3. The van der Waals surface area contributed by atoms with Crippen LogP contribution in [-0.2, 0) is 0 Å². The van der Waals surface area contributed by atoms with Crippen molar-refractivity contribution in [2.45, 2.75) is 496 Å². The van der Waals surface area contributed by atoms with Crippen LogP contribution in [-0.4, -0.2) is 226 Å². The van der Waals surface area contributed by atoms with Crippen molar-refractivity contribution in [3.05, 3.63) is 0 Å². The predicted molar refractivity (Wildman–Crippen MR) is 511 cm³/mol. The summed E-state index contributed by atoms with van der Waals surface area (Å²) in [6, 6.07) is 0. The molecule has 682 valence electrons. The predicted octanol–water partition coefficient (Wildman–Crippen LogP) is 25.1. The normalized spacial score (nSPS) is 27.5. The molecule has 16 rings (SSSR count). The van der Waals surface area contributed by atoms with Gasteiger partial charge in [0.05, 0.1) is 0 Å². The lowest BCUT2D eigenvalue weighted by Gasteiger charge is -2.57. The highest BCUT2D eigenvalue weighted by atomic mass is 15.3. The summed E-state index contributed by atoms with van der Waals surface area (Å²) in [6.07, 6.45) is 57.2. The topological polar surface area (TPSA) is 62.0 Å². The number of rotatable bonds is 0. The fraction of sp³-hybridized carbons (Fsp3) is 1.00. The van der Waals surface area contributed by atoms with Crippen LogP contribution < -0.4 is 16.0 Å². The summed E-state index contributed by atoms with van der Waals surface area (Å²) in [4.78, 5) is 21.4. The zero-order valence-corrected chi connectivity index (χ0v) is 79.5. The van der Waals surface area contributed by atoms with Crippen molar-refractivity contribution in [3.63, 3.8) is 0 Å². The van der Waals surface area contributed by atoms with Crippen molar-refractivity contribution in [1.82, 2.24) is 55.1 Å². The maximum Gasteiger partial charge on any atom is 0.0239 e. The standard InChI is InChI=1S/C14H27N.C13H26N2.2C13H25N.C12H24N2.2C12H23N.C11H22N2.4CH4/c1-13(2,3)15-11-7-10-14(12-15)8-5-4-6-9-14;1-12(2,3)15-10-6-13(7-11-15)4-8-14-9-5-13;1-12(2,3)14-10-8-13(9-11-14)6-4-5-7-13;1-12(2,3)14-10-9-13(11-14)7-5-4-6-8-13;1-11(2,3)14-10-4-5-12(14)6-8-13-9-7-12;1-11(2,3)13-9-7-12(8-10-13)5-4-6-12;1-11(2,3)13-9-12(10-13)7-5-4-6-8-12;1-10(2,3)13-8-11(9-13)5-4-6-12-7-11;;;;/h4-12H2,1-3H3;14H,4-11H2,1-3H3;2*4-11H2,1-3H3;13H,4-10H2,1-3H3;2*4-10H2,1-3H3;12H,4-9H2,1-3H3;4*1H4. The van der Waals surface area contributed by atoms with E-state index >= 15 is 0 Å². The molecule has 0 aromatic heterocycles. The zero-order valence-electron chi connectivity index (χ0n) is 79.5. The van der Waals surface area contributed by atoms with Crippen LogP contribution in [0.3, 0.4) is 0 Å². The maximum atomic E-state index is 3.52. The van der Waals surface area contributed by atoms with E-state index in [0.29, 0.717) is 66.1 Å². The average Bonchev–Trinajstić information content (AvgIpc) is 1.55. The highest BCUT2D eigenvalue weighted by Gasteiger charge is 2.51. The van der Waals surface area contributed by atoms with Gasteiger partial charge in [0, 0.05) is 101 Å². The smallest absolute Gasteiger partial charge is 0.0239 e. The van der Waals surface area contributed by atoms with E-state index in [4.69, 9.17) is 0 Å². The quantitative estimate of drug-likeness (QED) is 0.217. The number of nitrogens with one attached hydrogen (secondary N) is 3. The van der Waals surface area contributed by atoms with Gasteiger partial charge in [-0.05, 0) is 464 Å². The van der Waals surface area contributed by atoms with Gasteiger partial charge in [0.2, 0.25) is 0 Å². The summed E-state index contributed by atoms with van der Waals surface area (Å²) in [5.41, 5.74) is 8.73. The van der Waals surface area contributed by atoms with E-state index in [9.17, 15) is 0 Å². The molecule has 0 atom stereocenters. The molecule has 0 aromatic rings. The third-order valence-electron chi connectivity index (χ3n) is 33.3. The van der Waals surface area contributed by atoms with Crippen molar-refractivity contribution < 1.29 is 0 Å². The van der Waals surface area contributed by atoms with Crippen molar-refractivity contribution >= 4 is 0 Å². The molecule has 5 aliphatic carbocycles. The molecule has 11 heterocycles. The van der Waals surface area contributed by atoms with Gasteiger partial charge in [-0.15, -0.1) is 0 Å². The molecule has 0 radical (unpaired) electrons. The highest BCUT2D eigenvalue weighted by molar-refractivity contribution is 5.06. The van der Waals surface area contributed by atoms with Crippen molar-refractivity contribution in [2.24, 2.45) is 37.9 Å². The molecule has 5 saturated carbocycles. The number of piperidine rings is 7. The van der Waals surface area contributed by atoms with Gasteiger partial charge < -0.3 is 16.0 Å². The Morgan fingerprint density at radius 1 is 0.174 bits per heavy atom. The first-order valence-electron chi connectivity index (χ1n) is 48.8. The third kappa shape index (κ3) is 30.1. The second kappa shape index (κ2) is 43.2. The highest BCUT2D eigenvalue weighted by Crippen LogP contribution is 2.53. The van der Waals surface area contributed by atoms with Crippen molar-refractivity contribution in [1.29, 1.82) is 0 Å². The molecular weight excluding hydrogens is 1400 g/mol. The van der Waals surface area contributed by atoms with Gasteiger partial charge in [-0.3, -0.25) is 39.2 Å². The SMILES string of the molecule is C.C.C.C.CC(C)(C)N1CC2(CCCCC2)C1.CC(C)(C)N1CC2(CCCNC2)C1.CC(C)(C)N1CCC2(CCC2)CC1.CC(C)(C)N1CCC2(CCCC2)CC1.CC(C)(C)N1CCC2(CCCCC2)C1.CC(C)(C)N1CCC2(CCNCC2)CC1.CC(C)(C)N1CCCC12CCNCC2.CC(C)(C)N1CCCC2(CCCCC2)C1. The second-order valence-electron chi connectivity index (χ2n) is 49.7. The molecule has 0 unspecified atom stereocenters. The van der Waals surface area contributed by atoms with Gasteiger partial charge in [0.1, 0.15) is 0 Å². The van der Waals surface area contributed by atoms with E-state index in [1.165, 1.54) is 388 Å². The van der Waals surface area contributed by atoms with Crippen molar-refractivity contribution in [3.8, 4) is 0 Å². The van der Waals surface area contributed by atoms with E-state index in [1.807, 2.05) is 0 Å². The van der Waals surface area contributed by atoms with E-state index in [2.05, 4.69) is 221 Å². The van der Waals surface area contributed by atoms with Gasteiger partial charge in [0.15, 0.2) is 0 Å². The van der Waals surface area contributed by atoms with Crippen LogP contribution in [0.15, 0.2) is 0 Å². The lowest BCUT2D eigenvalue weighted by molar-refractivity contribution is -0.0784. The number of nitrogens with zero attached hydrogens (tertiary/aromatic N) is 8. The fourth-order valence-corrected chi connectivity index (χ4v) is 24.7. The van der Waals surface area contributed by atoms with Crippen LogP contribution in [0.2, 0.25) is 0 Å². The first-order chi connectivity index (χ1) is 51.7. The molecule has 16 fully saturated rings. The molecule has 0 bridgehead atoms. The second-order valence-corrected chi connectivity index (χ2v) is 49.7. The minimum Gasteiger partial charge on any atom is -0.317 e. The zero-order chi connectivity index (χ0) is 81.2. The Bertz CT molecular complexity index is 2570. The fourth-order valence-electron chi connectivity index (χ4n) is 24.7. The number of hydrogen-bond donors (Lipinski definition) is 3. The van der Waals surface area contributed by atoms with Crippen LogP contribution >= 0.6 is 0 Å². The molecule has 115 heavy (non-hydrogen) atoms. The summed E-state index contributed by atoms with van der Waals surface area (Å²) < 4.78 is 0. The van der Waals surface area contributed by atoms with Crippen LogP contribution in [0.4, 0.5) is 0 Å². The Labute approximate surface area is 722 Å². The molecule has 0 aromatic carbocycles. The van der Waals surface area contributed by atoms with Crippen LogP contribution in [0.25, 0.3) is 0 Å². The van der Waals surface area contributed by atoms with Gasteiger partial charge >= 0.3 is 0 Å². The maximum absolute atomic E-state index is 3.52. The molecular formula is C104H211N11. The molecule has 11 nitrogen and oxygen atoms in total. The van der Waals surface area contributed by atoms with Crippen LogP contribution in [0.1, 0.15) is 446 Å². The summed E-state index contributed by atoms with van der Waals surface area (Å²) in [7, 11) is 0. The number of likely N-dealkylation sites (tertiary alicyclic amines) is 8. The van der Waals surface area contributed by atoms with Gasteiger partial charge in [0.25, 0.3) is 0 Å². The molecule has 3 N–H and O–H groups in total. The summed E-state index contributed by atoms with van der Waals surface area (Å²) in [6.45, 7) is 83.7. The molecule has 0 amide bonds. The van der Waals surface area contributed by atoms with E-state index in [-0.39, 0.29) is 29.7 Å². The lowest BCUT2D eigenvalue weighted by Crippen LogP contribution is -2.66. The minimum atomic E-state index is 0. The van der Waals surface area contributed by atoms with E-state index in [0.717, 1.165) is 21.7 Å². The first-order valence-corrected chi connectivity index (χ1v) is 48.8. The summed E-state index contributed by atoms with van der Waals surface area (Å²) in [5, 5.41) is 10.5. The molecule has 11 heteroatoms. The molecule has 11 aliphatic heterocycles. The minimum absolute atomic E-state index is 0. The largest absolute Gasteiger partial charge is 0.317 e. The Kier molecular flexibility index (Phi) is 39.5. The van der Waals surface area contributed by atoms with Crippen LogP contribution in [0.5, 0.6) is 0 Å². The van der Waals surface area contributed by atoms with Gasteiger partial charge in [-0.2, -0.15) is 0 Å². The van der Waals surface area contributed by atoms with Crippen LogP contribution in [0, 0.1) is 37.9 Å². The molecule has 8 spiro atoms. The Balaban J connectivity index is 0.000000233. The summed E-state index contributed by atoms with van der Waals surface area (Å²) in [5.74, 6) is 0. The van der Waals surface area contributed by atoms with E-state index < -0.39 is 0 Å². The van der Waals surface area contributed by atoms with E-state index in [1.54, 1.807) is 0 Å². The lowest BCUT2D eigenvalue weighted by atomic mass is 9.63. The summed E-state index contributed by atoms with van der Waals surface area (Å²) >= 11 is 0. The van der Waals surface area contributed by atoms with Gasteiger partial charge in [-0.1, -0.05) is 107 Å². The Morgan fingerprint density at radius 2 is 0.435 bits per heavy atom. The molecule has 11 saturated heterocycles. The average molecular weight is 1620 g/mol. The number of hydrogen-bond acceptors (Lipinski definition) is 11. The molecule has 16 aliphatic rings. The van der Waals surface area contributed by atoms with Gasteiger partial charge in [-0.25, -0.2) is 0 Å².